The van der Waals surface area contributed by atoms with Crippen molar-refractivity contribution in [2.45, 2.75) is 46.1 Å². The predicted octanol–water partition coefficient (Wildman–Crippen LogP) is 3.85. The standard InChI is InChI=1S/C19H26N2/c1-4-20-18(13-19-11-7-16(3)14-21-19)12-10-17-8-5-15(2)6-9-17/h5-9,11,14,18,20H,4,10,12-13H2,1-3H3. The van der Waals surface area contributed by atoms with E-state index in [1.54, 1.807) is 0 Å². The largest absolute Gasteiger partial charge is 0.314 e. The summed E-state index contributed by atoms with van der Waals surface area (Å²) in [6, 6.07) is 13.6. The lowest BCUT2D eigenvalue weighted by Gasteiger charge is -2.17. The van der Waals surface area contributed by atoms with Gasteiger partial charge in [0.25, 0.3) is 0 Å². The molecule has 0 bridgehead atoms. The zero-order valence-corrected chi connectivity index (χ0v) is 13.4. The van der Waals surface area contributed by atoms with Gasteiger partial charge in [-0.2, -0.15) is 0 Å². The van der Waals surface area contributed by atoms with Gasteiger partial charge in [0.05, 0.1) is 0 Å². The second-order valence-corrected chi connectivity index (χ2v) is 5.81. The van der Waals surface area contributed by atoms with Crippen molar-refractivity contribution < 1.29 is 0 Å². The molecule has 2 nitrogen and oxygen atoms in total. The van der Waals surface area contributed by atoms with Gasteiger partial charge in [-0.15, -0.1) is 0 Å². The summed E-state index contributed by atoms with van der Waals surface area (Å²) in [5.41, 5.74) is 5.14. The molecular weight excluding hydrogens is 256 g/mol. The molecule has 0 fully saturated rings. The molecule has 1 aromatic heterocycles. The van der Waals surface area contributed by atoms with Crippen molar-refractivity contribution in [1.29, 1.82) is 0 Å². The molecule has 21 heavy (non-hydrogen) atoms. The predicted molar refractivity (Wildman–Crippen MR) is 89.6 cm³/mol. The Morgan fingerprint density at radius 2 is 1.71 bits per heavy atom. The molecular formula is C19H26N2. The molecule has 2 aromatic rings. The third-order valence-electron chi connectivity index (χ3n) is 3.82. The van der Waals surface area contributed by atoms with Crippen LogP contribution in [0.2, 0.25) is 0 Å². The molecule has 0 spiro atoms. The first kappa shape index (κ1) is 15.7. The van der Waals surface area contributed by atoms with Crippen molar-refractivity contribution in [3.05, 3.63) is 65.0 Å². The highest BCUT2D eigenvalue weighted by molar-refractivity contribution is 5.21. The van der Waals surface area contributed by atoms with Crippen LogP contribution in [0, 0.1) is 13.8 Å². The van der Waals surface area contributed by atoms with Gasteiger partial charge in [-0.25, -0.2) is 0 Å². The summed E-state index contributed by atoms with van der Waals surface area (Å²) >= 11 is 0. The van der Waals surface area contributed by atoms with Gasteiger partial charge in [-0.05, 0) is 50.4 Å². The van der Waals surface area contributed by atoms with Crippen LogP contribution in [0.15, 0.2) is 42.6 Å². The minimum Gasteiger partial charge on any atom is -0.314 e. The SMILES string of the molecule is CCNC(CCc1ccc(C)cc1)Cc1ccc(C)cn1. The normalized spacial score (nSPS) is 12.3. The van der Waals surface area contributed by atoms with E-state index in [0.717, 1.165) is 25.8 Å². The van der Waals surface area contributed by atoms with E-state index in [1.807, 2.05) is 6.20 Å². The molecule has 0 aliphatic rings. The van der Waals surface area contributed by atoms with Crippen LogP contribution in [0.4, 0.5) is 0 Å². The molecule has 1 unspecified atom stereocenters. The molecule has 1 heterocycles. The summed E-state index contributed by atoms with van der Waals surface area (Å²) in [5, 5.41) is 3.59. The summed E-state index contributed by atoms with van der Waals surface area (Å²) < 4.78 is 0. The van der Waals surface area contributed by atoms with E-state index in [9.17, 15) is 0 Å². The Morgan fingerprint density at radius 3 is 2.33 bits per heavy atom. The van der Waals surface area contributed by atoms with E-state index in [1.165, 1.54) is 22.4 Å². The second kappa shape index (κ2) is 7.94. The van der Waals surface area contributed by atoms with Crippen LogP contribution in [0.1, 0.15) is 35.7 Å². The number of hydrogen-bond donors (Lipinski definition) is 1. The maximum absolute atomic E-state index is 4.53. The summed E-state index contributed by atoms with van der Waals surface area (Å²) in [6.07, 6.45) is 5.22. The first-order chi connectivity index (χ1) is 10.2. The van der Waals surface area contributed by atoms with Crippen molar-refractivity contribution in [2.75, 3.05) is 6.54 Å². The van der Waals surface area contributed by atoms with Gasteiger partial charge in [0.15, 0.2) is 0 Å². The summed E-state index contributed by atoms with van der Waals surface area (Å²) in [7, 11) is 0. The molecule has 1 atom stereocenters. The molecule has 1 aromatic carbocycles. The monoisotopic (exact) mass is 282 g/mol. The third-order valence-corrected chi connectivity index (χ3v) is 3.82. The summed E-state index contributed by atoms with van der Waals surface area (Å²) in [5.74, 6) is 0. The Labute approximate surface area is 128 Å². The van der Waals surface area contributed by atoms with E-state index in [4.69, 9.17) is 0 Å². The quantitative estimate of drug-likeness (QED) is 0.834. The molecule has 2 rings (SSSR count). The molecule has 1 N–H and O–H groups in total. The Balaban J connectivity index is 1.92. The Hall–Kier alpha value is -1.67. The van der Waals surface area contributed by atoms with Crippen LogP contribution in [0.25, 0.3) is 0 Å². The zero-order valence-electron chi connectivity index (χ0n) is 13.4. The number of nitrogens with zero attached hydrogens (tertiary/aromatic N) is 1. The Morgan fingerprint density at radius 1 is 1.00 bits per heavy atom. The Bertz CT molecular complexity index is 528. The van der Waals surface area contributed by atoms with Gasteiger partial charge >= 0.3 is 0 Å². The fourth-order valence-electron chi connectivity index (χ4n) is 2.53. The second-order valence-electron chi connectivity index (χ2n) is 5.81. The van der Waals surface area contributed by atoms with Crippen LogP contribution in [-0.2, 0) is 12.8 Å². The number of nitrogens with one attached hydrogen (secondary N) is 1. The lowest BCUT2D eigenvalue weighted by molar-refractivity contribution is 0.487. The van der Waals surface area contributed by atoms with Crippen LogP contribution in [0.5, 0.6) is 0 Å². The van der Waals surface area contributed by atoms with Crippen LogP contribution in [0.3, 0.4) is 0 Å². The van der Waals surface area contributed by atoms with Gasteiger partial charge < -0.3 is 5.32 Å². The fourth-order valence-corrected chi connectivity index (χ4v) is 2.53. The first-order valence-electron chi connectivity index (χ1n) is 7.88. The number of likely N-dealkylation sites (N-methyl/N-ethyl adjacent to an activating group) is 1. The van der Waals surface area contributed by atoms with E-state index in [2.05, 4.69) is 67.5 Å². The number of aryl methyl sites for hydroxylation is 3. The van der Waals surface area contributed by atoms with E-state index in [-0.39, 0.29) is 0 Å². The Kier molecular flexibility index (Phi) is 5.94. The van der Waals surface area contributed by atoms with Crippen molar-refractivity contribution in [2.24, 2.45) is 0 Å². The molecule has 0 saturated heterocycles. The third kappa shape index (κ3) is 5.31. The molecule has 0 aliphatic carbocycles. The maximum atomic E-state index is 4.53. The number of pyridine rings is 1. The molecule has 0 radical (unpaired) electrons. The van der Waals surface area contributed by atoms with Crippen molar-refractivity contribution in [3.8, 4) is 0 Å². The molecule has 0 amide bonds. The fraction of sp³-hybridized carbons (Fsp3) is 0.421. The van der Waals surface area contributed by atoms with Crippen LogP contribution in [-0.4, -0.2) is 17.6 Å². The number of benzene rings is 1. The topological polar surface area (TPSA) is 24.9 Å². The van der Waals surface area contributed by atoms with E-state index >= 15 is 0 Å². The first-order valence-corrected chi connectivity index (χ1v) is 7.88. The van der Waals surface area contributed by atoms with Gasteiger partial charge in [0.2, 0.25) is 0 Å². The molecule has 112 valence electrons. The molecule has 0 aliphatic heterocycles. The van der Waals surface area contributed by atoms with Gasteiger partial charge in [0, 0.05) is 24.4 Å². The number of rotatable bonds is 7. The average molecular weight is 282 g/mol. The lowest BCUT2D eigenvalue weighted by atomic mass is 10.0. The zero-order chi connectivity index (χ0) is 15.1. The average Bonchev–Trinajstić information content (AvgIpc) is 2.49. The minimum absolute atomic E-state index is 0.492. The van der Waals surface area contributed by atoms with E-state index in [0.29, 0.717) is 6.04 Å². The summed E-state index contributed by atoms with van der Waals surface area (Å²) in [6.45, 7) is 7.39. The van der Waals surface area contributed by atoms with Crippen molar-refractivity contribution in [1.82, 2.24) is 10.3 Å². The smallest absolute Gasteiger partial charge is 0.0419 e. The molecule has 2 heteroatoms. The highest BCUT2D eigenvalue weighted by atomic mass is 14.9. The molecule has 0 saturated carbocycles. The number of aromatic nitrogens is 1. The number of hydrogen-bond acceptors (Lipinski definition) is 2. The van der Waals surface area contributed by atoms with Crippen molar-refractivity contribution >= 4 is 0 Å². The highest BCUT2D eigenvalue weighted by Crippen LogP contribution is 2.10. The highest BCUT2D eigenvalue weighted by Gasteiger charge is 2.09. The van der Waals surface area contributed by atoms with Gasteiger partial charge in [0.1, 0.15) is 0 Å². The van der Waals surface area contributed by atoms with Crippen LogP contribution < -0.4 is 5.32 Å². The van der Waals surface area contributed by atoms with Crippen molar-refractivity contribution in [3.63, 3.8) is 0 Å². The maximum Gasteiger partial charge on any atom is 0.0419 e. The van der Waals surface area contributed by atoms with E-state index < -0.39 is 0 Å². The van der Waals surface area contributed by atoms with Gasteiger partial charge in [-0.1, -0.05) is 42.8 Å². The lowest BCUT2D eigenvalue weighted by Crippen LogP contribution is -2.31. The summed E-state index contributed by atoms with van der Waals surface area (Å²) in [4.78, 5) is 4.53. The minimum atomic E-state index is 0.492. The van der Waals surface area contributed by atoms with Gasteiger partial charge in [-0.3, -0.25) is 4.98 Å². The van der Waals surface area contributed by atoms with Crippen LogP contribution >= 0.6 is 0 Å².